The Bertz CT molecular complexity index is 458. The third-order valence-electron chi connectivity index (χ3n) is 5.97. The molecule has 0 N–H and O–H groups in total. The molecule has 4 heteroatoms. The average molecular weight is 453 g/mol. The van der Waals surface area contributed by atoms with Crippen molar-refractivity contribution in [3.63, 3.8) is 0 Å². The molecule has 0 aliphatic carbocycles. The first-order valence-electron chi connectivity index (χ1n) is 13.7. The highest BCUT2D eigenvalue weighted by atomic mass is 16.5. The van der Waals surface area contributed by atoms with Gasteiger partial charge in [-0.25, -0.2) is 9.59 Å². The first-order valence-corrected chi connectivity index (χ1v) is 13.7. The minimum atomic E-state index is -0.464. The van der Waals surface area contributed by atoms with Crippen LogP contribution in [0.25, 0.3) is 0 Å². The lowest BCUT2D eigenvalue weighted by atomic mass is 10.0. The summed E-state index contributed by atoms with van der Waals surface area (Å²) in [6, 6.07) is 0. The van der Waals surface area contributed by atoms with Crippen molar-refractivity contribution in [2.45, 2.75) is 149 Å². The minimum Gasteiger partial charge on any atom is -0.463 e. The fraction of sp³-hybridized carbons (Fsp3) is 0.857. The summed E-state index contributed by atoms with van der Waals surface area (Å²) in [7, 11) is 0. The summed E-state index contributed by atoms with van der Waals surface area (Å²) < 4.78 is 10.5. The van der Waals surface area contributed by atoms with Crippen LogP contribution in [0, 0.1) is 0 Å². The molecule has 0 fully saturated rings. The number of hydrogen-bond acceptors (Lipinski definition) is 4. The third kappa shape index (κ3) is 21.9. The van der Waals surface area contributed by atoms with Crippen molar-refractivity contribution in [2.24, 2.45) is 0 Å². The summed E-state index contributed by atoms with van der Waals surface area (Å²) >= 11 is 0. The predicted octanol–water partition coefficient (Wildman–Crippen LogP) is 8.47. The number of rotatable bonds is 23. The molecule has 0 heterocycles. The standard InChI is InChI=1S/C28H52O4/c1-4-7-9-10-11-12-13-14-15-16-17-18-19-20-21-25-31-27(29)23-24-28(30)32-26(6-3)22-8-5-2/h23-24,26H,4-22,25H2,1-3H3/b24-23+. The van der Waals surface area contributed by atoms with E-state index in [0.29, 0.717) is 6.61 Å². The minimum absolute atomic E-state index is 0.0663. The maximum Gasteiger partial charge on any atom is 0.331 e. The molecule has 4 nitrogen and oxygen atoms in total. The van der Waals surface area contributed by atoms with E-state index in [1.54, 1.807) is 0 Å². The van der Waals surface area contributed by atoms with Gasteiger partial charge in [0.25, 0.3) is 0 Å². The Labute approximate surface area is 198 Å². The van der Waals surface area contributed by atoms with Gasteiger partial charge >= 0.3 is 11.9 Å². The Hall–Kier alpha value is -1.32. The molecule has 0 spiro atoms. The van der Waals surface area contributed by atoms with E-state index in [9.17, 15) is 9.59 Å². The summed E-state index contributed by atoms with van der Waals surface area (Å²) in [6.45, 7) is 6.81. The summed E-state index contributed by atoms with van der Waals surface area (Å²) in [5.41, 5.74) is 0. The largest absolute Gasteiger partial charge is 0.463 e. The molecule has 188 valence electrons. The van der Waals surface area contributed by atoms with Crippen molar-refractivity contribution in [3.05, 3.63) is 12.2 Å². The molecule has 0 aliphatic rings. The summed E-state index contributed by atoms with van der Waals surface area (Å²) in [6.07, 6.45) is 25.8. The van der Waals surface area contributed by atoms with Crippen molar-refractivity contribution in [3.8, 4) is 0 Å². The Balaban J connectivity index is 3.47. The van der Waals surface area contributed by atoms with Crippen molar-refractivity contribution < 1.29 is 19.1 Å². The third-order valence-corrected chi connectivity index (χ3v) is 5.97. The highest BCUT2D eigenvalue weighted by Crippen LogP contribution is 2.13. The normalized spacial score (nSPS) is 12.2. The predicted molar refractivity (Wildman–Crippen MR) is 135 cm³/mol. The van der Waals surface area contributed by atoms with Crippen LogP contribution in [0.4, 0.5) is 0 Å². The van der Waals surface area contributed by atoms with Gasteiger partial charge in [0.05, 0.1) is 6.61 Å². The SMILES string of the molecule is CCCCCCCCCCCCCCCCCOC(=O)/C=C/C(=O)OC(CC)CCCC. The monoisotopic (exact) mass is 452 g/mol. The Morgan fingerprint density at radius 3 is 1.50 bits per heavy atom. The van der Waals surface area contributed by atoms with Crippen LogP contribution in [0.2, 0.25) is 0 Å². The van der Waals surface area contributed by atoms with Crippen LogP contribution in [0.3, 0.4) is 0 Å². The van der Waals surface area contributed by atoms with Gasteiger partial charge in [-0.05, 0) is 19.3 Å². The highest BCUT2D eigenvalue weighted by Gasteiger charge is 2.10. The Kier molecular flexibility index (Phi) is 23.3. The first-order chi connectivity index (χ1) is 15.6. The maximum atomic E-state index is 11.8. The van der Waals surface area contributed by atoms with Gasteiger partial charge in [0.15, 0.2) is 0 Å². The van der Waals surface area contributed by atoms with E-state index in [2.05, 4.69) is 13.8 Å². The van der Waals surface area contributed by atoms with E-state index in [0.717, 1.165) is 38.5 Å². The fourth-order valence-corrected chi connectivity index (χ4v) is 3.81. The number of carbonyl (C=O) groups is 2. The molecule has 1 unspecified atom stereocenters. The van der Waals surface area contributed by atoms with Gasteiger partial charge in [-0.1, -0.05) is 124 Å². The van der Waals surface area contributed by atoms with Gasteiger partial charge < -0.3 is 9.47 Å². The van der Waals surface area contributed by atoms with E-state index >= 15 is 0 Å². The van der Waals surface area contributed by atoms with E-state index in [1.165, 1.54) is 95.6 Å². The number of hydrogen-bond donors (Lipinski definition) is 0. The van der Waals surface area contributed by atoms with E-state index in [-0.39, 0.29) is 6.10 Å². The van der Waals surface area contributed by atoms with Crippen LogP contribution in [0.1, 0.15) is 143 Å². The molecule has 0 saturated heterocycles. The molecule has 0 aromatic heterocycles. The lowest BCUT2D eigenvalue weighted by Gasteiger charge is -2.14. The molecule has 0 rings (SSSR count). The molecule has 0 aromatic carbocycles. The molecule has 0 aliphatic heterocycles. The van der Waals surface area contributed by atoms with E-state index in [1.807, 2.05) is 6.92 Å². The smallest absolute Gasteiger partial charge is 0.331 e. The van der Waals surface area contributed by atoms with Crippen LogP contribution < -0.4 is 0 Å². The van der Waals surface area contributed by atoms with E-state index < -0.39 is 11.9 Å². The van der Waals surface area contributed by atoms with Crippen molar-refractivity contribution in [1.82, 2.24) is 0 Å². The molecule has 0 saturated carbocycles. The lowest BCUT2D eigenvalue weighted by Crippen LogP contribution is -2.16. The van der Waals surface area contributed by atoms with Crippen molar-refractivity contribution in [2.75, 3.05) is 6.61 Å². The van der Waals surface area contributed by atoms with Gasteiger partial charge in [-0.15, -0.1) is 0 Å². The quantitative estimate of drug-likeness (QED) is 0.0886. The first kappa shape index (κ1) is 30.7. The van der Waals surface area contributed by atoms with Crippen molar-refractivity contribution in [1.29, 1.82) is 0 Å². The second-order valence-electron chi connectivity index (χ2n) is 9.06. The van der Waals surface area contributed by atoms with Crippen molar-refractivity contribution >= 4 is 11.9 Å². The molecule has 0 aromatic rings. The van der Waals surface area contributed by atoms with E-state index in [4.69, 9.17) is 9.47 Å². The lowest BCUT2D eigenvalue weighted by molar-refractivity contribution is -0.144. The number of carbonyl (C=O) groups excluding carboxylic acids is 2. The van der Waals surface area contributed by atoms with Crippen LogP contribution in [0.5, 0.6) is 0 Å². The molecule has 32 heavy (non-hydrogen) atoms. The zero-order chi connectivity index (χ0) is 23.7. The second-order valence-corrected chi connectivity index (χ2v) is 9.06. The van der Waals surface area contributed by atoms with Crippen LogP contribution >= 0.6 is 0 Å². The van der Waals surface area contributed by atoms with Crippen LogP contribution in [0.15, 0.2) is 12.2 Å². The van der Waals surface area contributed by atoms with Gasteiger partial charge in [-0.2, -0.15) is 0 Å². The van der Waals surface area contributed by atoms with Gasteiger partial charge in [0, 0.05) is 12.2 Å². The Morgan fingerprint density at radius 2 is 1.03 bits per heavy atom. The summed E-state index contributed by atoms with van der Waals surface area (Å²) in [4.78, 5) is 23.5. The molecular weight excluding hydrogens is 400 g/mol. The summed E-state index contributed by atoms with van der Waals surface area (Å²) in [5.74, 6) is -0.925. The number of esters is 2. The molecular formula is C28H52O4. The zero-order valence-corrected chi connectivity index (χ0v) is 21.5. The average Bonchev–Trinajstić information content (AvgIpc) is 2.80. The Morgan fingerprint density at radius 1 is 0.594 bits per heavy atom. The number of ether oxygens (including phenoxy) is 2. The number of unbranched alkanes of at least 4 members (excludes halogenated alkanes) is 15. The topological polar surface area (TPSA) is 52.6 Å². The van der Waals surface area contributed by atoms with Crippen LogP contribution in [-0.4, -0.2) is 24.6 Å². The van der Waals surface area contributed by atoms with Gasteiger partial charge in [0.1, 0.15) is 6.10 Å². The van der Waals surface area contributed by atoms with Gasteiger partial charge in [0.2, 0.25) is 0 Å². The fourth-order valence-electron chi connectivity index (χ4n) is 3.81. The second kappa shape index (κ2) is 24.3. The highest BCUT2D eigenvalue weighted by molar-refractivity contribution is 5.91. The molecule has 0 bridgehead atoms. The molecule has 1 atom stereocenters. The summed E-state index contributed by atoms with van der Waals surface area (Å²) in [5, 5.41) is 0. The zero-order valence-electron chi connectivity index (χ0n) is 21.5. The molecule has 0 amide bonds. The van der Waals surface area contributed by atoms with Gasteiger partial charge in [-0.3, -0.25) is 0 Å². The maximum absolute atomic E-state index is 11.8. The van der Waals surface area contributed by atoms with Crippen LogP contribution in [-0.2, 0) is 19.1 Å². The molecule has 0 radical (unpaired) electrons.